The van der Waals surface area contributed by atoms with Crippen LogP contribution in [0.1, 0.15) is 23.1 Å². The Hall–Kier alpha value is -2.11. The zero-order valence-corrected chi connectivity index (χ0v) is 15.2. The van der Waals surface area contributed by atoms with Gasteiger partial charge < -0.3 is 10.1 Å². The summed E-state index contributed by atoms with van der Waals surface area (Å²) in [6, 6.07) is 9.42. The summed E-state index contributed by atoms with van der Waals surface area (Å²) in [5, 5.41) is 4.40. The molecule has 0 saturated carbocycles. The topological polar surface area (TPSA) is 51.2 Å². The molecule has 0 spiro atoms. The lowest BCUT2D eigenvalue weighted by atomic mass is 10.1. The van der Waals surface area contributed by atoms with Gasteiger partial charge in [-0.1, -0.05) is 11.6 Å². The van der Waals surface area contributed by atoms with Crippen molar-refractivity contribution in [3.63, 3.8) is 0 Å². The Morgan fingerprint density at radius 1 is 1.25 bits per heavy atom. The quantitative estimate of drug-likeness (QED) is 0.703. The first-order valence-corrected chi connectivity index (χ1v) is 8.69. The number of anilines is 1. The molecule has 0 aliphatic carbocycles. The second-order valence-electron chi connectivity index (χ2n) is 5.55. The number of nitrogens with one attached hydrogen (secondary N) is 1. The third-order valence-corrected chi connectivity index (χ3v) is 5.04. The molecular formula is C18H17ClN2O2S. The Kier molecular flexibility index (Phi) is 4.73. The van der Waals surface area contributed by atoms with E-state index in [9.17, 15) is 4.79 Å². The number of aromatic nitrogens is 1. The van der Waals surface area contributed by atoms with Crippen LogP contribution in [-0.2, 0) is 11.4 Å². The summed E-state index contributed by atoms with van der Waals surface area (Å²) >= 11 is 7.59. The summed E-state index contributed by atoms with van der Waals surface area (Å²) in [5.41, 5.74) is 3.70. The van der Waals surface area contributed by atoms with E-state index in [1.807, 2.05) is 44.2 Å². The molecule has 1 heterocycles. The molecular weight excluding hydrogens is 344 g/mol. The predicted molar refractivity (Wildman–Crippen MR) is 99.2 cm³/mol. The van der Waals surface area contributed by atoms with Gasteiger partial charge in [0.2, 0.25) is 5.91 Å². The van der Waals surface area contributed by atoms with Crippen LogP contribution in [0.5, 0.6) is 5.75 Å². The number of benzene rings is 2. The molecule has 0 saturated heterocycles. The van der Waals surface area contributed by atoms with Gasteiger partial charge in [0.25, 0.3) is 0 Å². The van der Waals surface area contributed by atoms with Gasteiger partial charge in [0.1, 0.15) is 17.4 Å². The highest BCUT2D eigenvalue weighted by Crippen LogP contribution is 2.30. The number of rotatable bonds is 4. The molecule has 0 atom stereocenters. The van der Waals surface area contributed by atoms with Crippen molar-refractivity contribution in [1.82, 2.24) is 4.98 Å². The maximum absolute atomic E-state index is 11.2. The van der Waals surface area contributed by atoms with Crippen LogP contribution in [0, 0.1) is 13.8 Å². The predicted octanol–water partition coefficient (Wildman–Crippen LogP) is 5.10. The number of thiazole rings is 1. The van der Waals surface area contributed by atoms with E-state index in [2.05, 4.69) is 10.3 Å². The minimum Gasteiger partial charge on any atom is -0.486 e. The van der Waals surface area contributed by atoms with E-state index in [0.717, 1.165) is 37.8 Å². The van der Waals surface area contributed by atoms with E-state index in [1.54, 1.807) is 11.3 Å². The van der Waals surface area contributed by atoms with Crippen LogP contribution in [0.25, 0.3) is 10.2 Å². The first-order chi connectivity index (χ1) is 11.4. The lowest BCUT2D eigenvalue weighted by Crippen LogP contribution is -2.08. The van der Waals surface area contributed by atoms with Crippen molar-refractivity contribution >= 4 is 44.7 Å². The first kappa shape index (κ1) is 16.7. The van der Waals surface area contributed by atoms with Gasteiger partial charge in [0.05, 0.1) is 10.2 Å². The van der Waals surface area contributed by atoms with Gasteiger partial charge in [-0.3, -0.25) is 4.79 Å². The molecule has 1 amide bonds. The largest absolute Gasteiger partial charge is 0.486 e. The number of fused-ring (bicyclic) bond motifs is 1. The van der Waals surface area contributed by atoms with E-state index < -0.39 is 0 Å². The molecule has 2 aromatic carbocycles. The summed E-state index contributed by atoms with van der Waals surface area (Å²) in [6.07, 6.45) is 0. The molecule has 1 N–H and O–H groups in total. The van der Waals surface area contributed by atoms with Crippen LogP contribution < -0.4 is 10.1 Å². The fourth-order valence-corrected chi connectivity index (χ4v) is 3.45. The van der Waals surface area contributed by atoms with E-state index >= 15 is 0 Å². The molecule has 3 aromatic rings. The monoisotopic (exact) mass is 360 g/mol. The smallest absolute Gasteiger partial charge is 0.221 e. The molecule has 0 unspecified atom stereocenters. The maximum atomic E-state index is 11.2. The molecule has 1 aromatic heterocycles. The molecule has 4 nitrogen and oxygen atoms in total. The van der Waals surface area contributed by atoms with Gasteiger partial charge >= 0.3 is 0 Å². The minimum atomic E-state index is -0.0840. The van der Waals surface area contributed by atoms with E-state index in [-0.39, 0.29) is 5.91 Å². The molecule has 0 radical (unpaired) electrons. The van der Waals surface area contributed by atoms with Crippen LogP contribution in [0.4, 0.5) is 5.69 Å². The maximum Gasteiger partial charge on any atom is 0.221 e. The van der Waals surface area contributed by atoms with Crippen molar-refractivity contribution in [2.24, 2.45) is 0 Å². The van der Waals surface area contributed by atoms with Gasteiger partial charge in [-0.2, -0.15) is 0 Å². The molecule has 6 heteroatoms. The number of halogens is 1. The third-order valence-electron chi connectivity index (χ3n) is 3.79. The second kappa shape index (κ2) is 6.79. The van der Waals surface area contributed by atoms with E-state index in [0.29, 0.717) is 11.6 Å². The third kappa shape index (κ3) is 3.52. The fourth-order valence-electron chi connectivity index (χ4n) is 2.43. The Morgan fingerprint density at radius 3 is 2.79 bits per heavy atom. The summed E-state index contributed by atoms with van der Waals surface area (Å²) in [4.78, 5) is 15.8. The molecule has 0 aliphatic rings. The highest BCUT2D eigenvalue weighted by molar-refractivity contribution is 7.18. The standard InChI is InChI=1S/C18H17ClN2O2S/c1-10-11(2)16(6-5-14(10)20-12(3)22)23-9-18-21-15-8-13(19)4-7-17(15)24-18/h4-8H,9H2,1-3H3,(H,20,22). The lowest BCUT2D eigenvalue weighted by molar-refractivity contribution is -0.114. The number of amides is 1. The van der Waals surface area contributed by atoms with Crippen LogP contribution in [0.3, 0.4) is 0 Å². The number of carbonyl (C=O) groups is 1. The van der Waals surface area contributed by atoms with Gasteiger partial charge in [0.15, 0.2) is 0 Å². The van der Waals surface area contributed by atoms with Crippen LogP contribution >= 0.6 is 22.9 Å². The normalized spacial score (nSPS) is 10.8. The summed E-state index contributed by atoms with van der Waals surface area (Å²) in [5.74, 6) is 0.707. The lowest BCUT2D eigenvalue weighted by Gasteiger charge is -2.14. The van der Waals surface area contributed by atoms with Gasteiger partial charge in [0, 0.05) is 17.6 Å². The van der Waals surface area contributed by atoms with Crippen molar-refractivity contribution in [2.75, 3.05) is 5.32 Å². The molecule has 3 rings (SSSR count). The van der Waals surface area contributed by atoms with Gasteiger partial charge in [-0.05, 0) is 55.3 Å². The number of hydrogen-bond acceptors (Lipinski definition) is 4. The van der Waals surface area contributed by atoms with Crippen molar-refractivity contribution in [1.29, 1.82) is 0 Å². The number of hydrogen-bond donors (Lipinski definition) is 1. The molecule has 0 fully saturated rings. The Balaban J connectivity index is 1.78. The fraction of sp³-hybridized carbons (Fsp3) is 0.222. The highest BCUT2D eigenvalue weighted by Gasteiger charge is 2.10. The summed E-state index contributed by atoms with van der Waals surface area (Å²) in [6.45, 7) is 5.84. The van der Waals surface area contributed by atoms with E-state index in [4.69, 9.17) is 16.3 Å². The van der Waals surface area contributed by atoms with Crippen molar-refractivity contribution in [3.05, 3.63) is 51.5 Å². The summed E-state index contributed by atoms with van der Waals surface area (Å²) in [7, 11) is 0. The Morgan fingerprint density at radius 2 is 2.04 bits per heavy atom. The average Bonchev–Trinajstić information content (AvgIpc) is 2.92. The van der Waals surface area contributed by atoms with Gasteiger partial charge in [-0.25, -0.2) is 4.98 Å². The van der Waals surface area contributed by atoms with Crippen molar-refractivity contribution < 1.29 is 9.53 Å². The van der Waals surface area contributed by atoms with Crippen LogP contribution in [0.15, 0.2) is 30.3 Å². The summed E-state index contributed by atoms with van der Waals surface area (Å²) < 4.78 is 7.02. The molecule has 124 valence electrons. The van der Waals surface area contributed by atoms with Crippen molar-refractivity contribution in [3.8, 4) is 5.75 Å². The van der Waals surface area contributed by atoms with Crippen LogP contribution in [-0.4, -0.2) is 10.9 Å². The molecule has 0 bridgehead atoms. The van der Waals surface area contributed by atoms with Crippen molar-refractivity contribution in [2.45, 2.75) is 27.4 Å². The van der Waals surface area contributed by atoms with Crippen LogP contribution in [0.2, 0.25) is 5.02 Å². The highest BCUT2D eigenvalue weighted by atomic mass is 35.5. The minimum absolute atomic E-state index is 0.0840. The first-order valence-electron chi connectivity index (χ1n) is 7.49. The Labute approximate surface area is 149 Å². The average molecular weight is 361 g/mol. The van der Waals surface area contributed by atoms with E-state index in [1.165, 1.54) is 6.92 Å². The molecule has 24 heavy (non-hydrogen) atoms. The van der Waals surface area contributed by atoms with Gasteiger partial charge in [-0.15, -0.1) is 11.3 Å². The second-order valence-corrected chi connectivity index (χ2v) is 7.10. The zero-order valence-electron chi connectivity index (χ0n) is 13.6. The molecule has 0 aliphatic heterocycles. The number of nitrogens with zero attached hydrogens (tertiary/aromatic N) is 1. The SMILES string of the molecule is CC(=O)Nc1ccc(OCc2nc3cc(Cl)ccc3s2)c(C)c1C. The number of carbonyl (C=O) groups excluding carboxylic acids is 1. The Bertz CT molecular complexity index is 921. The number of ether oxygens (including phenoxy) is 1. The zero-order chi connectivity index (χ0) is 17.3.